The van der Waals surface area contributed by atoms with Crippen molar-refractivity contribution in [3.8, 4) is 11.5 Å². The molecule has 0 N–H and O–H groups in total. The third-order valence-electron chi connectivity index (χ3n) is 2.43. The molecule has 0 bridgehead atoms. The quantitative estimate of drug-likeness (QED) is 0.760. The van der Waals surface area contributed by atoms with Crippen LogP contribution in [0.15, 0.2) is 27.2 Å². The molecule has 1 aromatic carbocycles. The summed E-state index contributed by atoms with van der Waals surface area (Å²) < 4.78 is 18.7. The number of halogens is 3. The Hall–Kier alpha value is -0.940. The van der Waals surface area contributed by atoms with Gasteiger partial charge in [0.25, 0.3) is 5.89 Å². The molecule has 0 radical (unpaired) electrons. The zero-order chi connectivity index (χ0) is 13.1. The van der Waals surface area contributed by atoms with Gasteiger partial charge in [0.2, 0.25) is 0 Å². The van der Waals surface area contributed by atoms with Gasteiger partial charge in [-0.05, 0) is 40.5 Å². The molecular formula is C12H11BrClFN2O. The maximum atomic E-state index is 13.0. The average molecular weight is 334 g/mol. The largest absolute Gasteiger partial charge is 0.334 e. The molecule has 1 unspecified atom stereocenters. The number of rotatable bonds is 4. The summed E-state index contributed by atoms with van der Waals surface area (Å²) in [5, 5.41) is 3.58. The van der Waals surface area contributed by atoms with Gasteiger partial charge >= 0.3 is 0 Å². The Morgan fingerprint density at radius 2 is 2.28 bits per heavy atom. The number of alkyl halides is 1. The first kappa shape index (κ1) is 13.5. The van der Waals surface area contributed by atoms with E-state index >= 15 is 0 Å². The van der Waals surface area contributed by atoms with Crippen LogP contribution in [0, 0.1) is 5.82 Å². The topological polar surface area (TPSA) is 38.9 Å². The maximum absolute atomic E-state index is 13.0. The first-order valence-electron chi connectivity index (χ1n) is 5.55. The van der Waals surface area contributed by atoms with E-state index in [1.54, 1.807) is 6.07 Å². The van der Waals surface area contributed by atoms with Crippen LogP contribution in [0.2, 0.25) is 0 Å². The van der Waals surface area contributed by atoms with Crippen LogP contribution in [0.25, 0.3) is 11.5 Å². The Bertz CT molecular complexity index is 547. The summed E-state index contributed by atoms with van der Waals surface area (Å²) in [5.74, 6) is 0.468. The summed E-state index contributed by atoms with van der Waals surface area (Å²) in [4.78, 5) is 4.23. The SMILES string of the molecule is CCCC(Cl)c1noc(-c2ccc(F)cc2Br)n1. The van der Waals surface area contributed by atoms with Crippen LogP contribution in [-0.2, 0) is 0 Å². The molecule has 6 heteroatoms. The first-order valence-corrected chi connectivity index (χ1v) is 6.78. The molecule has 96 valence electrons. The van der Waals surface area contributed by atoms with Crippen LogP contribution >= 0.6 is 27.5 Å². The van der Waals surface area contributed by atoms with E-state index in [4.69, 9.17) is 16.1 Å². The predicted octanol–water partition coefficient (Wildman–Crippen LogP) is 4.72. The fourth-order valence-electron chi connectivity index (χ4n) is 1.52. The number of hydrogen-bond acceptors (Lipinski definition) is 3. The highest BCUT2D eigenvalue weighted by molar-refractivity contribution is 9.10. The first-order chi connectivity index (χ1) is 8.61. The van der Waals surface area contributed by atoms with Crippen LogP contribution in [0.5, 0.6) is 0 Å². The summed E-state index contributed by atoms with van der Waals surface area (Å²) in [7, 11) is 0. The Balaban J connectivity index is 2.29. The zero-order valence-electron chi connectivity index (χ0n) is 9.66. The van der Waals surface area contributed by atoms with Gasteiger partial charge in [0.1, 0.15) is 5.82 Å². The molecule has 0 spiro atoms. The summed E-state index contributed by atoms with van der Waals surface area (Å²) in [5.41, 5.74) is 0.649. The smallest absolute Gasteiger partial charge is 0.259 e. The fraction of sp³-hybridized carbons (Fsp3) is 0.333. The highest BCUT2D eigenvalue weighted by Gasteiger charge is 2.17. The summed E-state index contributed by atoms with van der Waals surface area (Å²) in [6, 6.07) is 4.28. The third kappa shape index (κ3) is 2.90. The van der Waals surface area contributed by atoms with Gasteiger partial charge in [-0.15, -0.1) is 11.6 Å². The van der Waals surface area contributed by atoms with Gasteiger partial charge in [-0.3, -0.25) is 0 Å². The van der Waals surface area contributed by atoms with Crippen molar-refractivity contribution in [1.82, 2.24) is 10.1 Å². The van der Waals surface area contributed by atoms with E-state index in [-0.39, 0.29) is 11.2 Å². The predicted molar refractivity (Wildman–Crippen MR) is 70.9 cm³/mol. The van der Waals surface area contributed by atoms with E-state index in [2.05, 4.69) is 26.1 Å². The van der Waals surface area contributed by atoms with Crippen molar-refractivity contribution in [2.45, 2.75) is 25.1 Å². The molecular weight excluding hydrogens is 322 g/mol. The lowest BCUT2D eigenvalue weighted by atomic mass is 10.2. The van der Waals surface area contributed by atoms with Crippen molar-refractivity contribution in [1.29, 1.82) is 0 Å². The zero-order valence-corrected chi connectivity index (χ0v) is 12.0. The van der Waals surface area contributed by atoms with Crippen molar-refractivity contribution in [3.63, 3.8) is 0 Å². The van der Waals surface area contributed by atoms with Crippen molar-refractivity contribution in [2.75, 3.05) is 0 Å². The highest BCUT2D eigenvalue weighted by Crippen LogP contribution is 2.30. The third-order valence-corrected chi connectivity index (χ3v) is 3.50. The van der Waals surface area contributed by atoms with E-state index in [1.165, 1.54) is 12.1 Å². The van der Waals surface area contributed by atoms with Gasteiger partial charge in [0.15, 0.2) is 5.82 Å². The molecule has 0 amide bonds. The normalized spacial score (nSPS) is 12.7. The molecule has 18 heavy (non-hydrogen) atoms. The molecule has 0 aliphatic carbocycles. The Morgan fingerprint density at radius 1 is 1.50 bits per heavy atom. The molecule has 0 saturated heterocycles. The van der Waals surface area contributed by atoms with Gasteiger partial charge in [0.05, 0.1) is 10.9 Å². The molecule has 0 aliphatic heterocycles. The van der Waals surface area contributed by atoms with E-state index in [9.17, 15) is 4.39 Å². The van der Waals surface area contributed by atoms with Crippen molar-refractivity contribution in [3.05, 3.63) is 34.3 Å². The molecule has 0 aliphatic rings. The molecule has 0 fully saturated rings. The standard InChI is InChI=1S/C12H11BrClFN2O/c1-2-3-10(14)11-16-12(18-17-11)8-5-4-7(15)6-9(8)13/h4-6,10H,2-3H2,1H3. The molecule has 2 aromatic rings. The second kappa shape index (κ2) is 5.80. The number of hydrogen-bond donors (Lipinski definition) is 0. The molecule has 1 aromatic heterocycles. The van der Waals surface area contributed by atoms with Gasteiger partial charge < -0.3 is 4.52 Å². The van der Waals surface area contributed by atoms with Crippen LogP contribution < -0.4 is 0 Å². The lowest BCUT2D eigenvalue weighted by Crippen LogP contribution is -1.92. The van der Waals surface area contributed by atoms with Gasteiger partial charge in [-0.1, -0.05) is 18.5 Å². The second-order valence-corrected chi connectivity index (χ2v) is 5.22. The minimum atomic E-state index is -0.327. The van der Waals surface area contributed by atoms with Gasteiger partial charge in [-0.25, -0.2) is 4.39 Å². The highest BCUT2D eigenvalue weighted by atomic mass is 79.9. The minimum Gasteiger partial charge on any atom is -0.334 e. The molecule has 1 heterocycles. The van der Waals surface area contributed by atoms with E-state index < -0.39 is 0 Å². The average Bonchev–Trinajstić information content (AvgIpc) is 2.78. The van der Waals surface area contributed by atoms with Crippen molar-refractivity contribution < 1.29 is 8.91 Å². The minimum absolute atomic E-state index is 0.258. The Morgan fingerprint density at radius 3 is 2.94 bits per heavy atom. The number of benzene rings is 1. The lowest BCUT2D eigenvalue weighted by Gasteiger charge is -2.00. The van der Waals surface area contributed by atoms with Crippen LogP contribution in [-0.4, -0.2) is 10.1 Å². The van der Waals surface area contributed by atoms with E-state index in [0.29, 0.717) is 21.8 Å². The van der Waals surface area contributed by atoms with E-state index in [0.717, 1.165) is 12.8 Å². The second-order valence-electron chi connectivity index (χ2n) is 3.84. The number of aromatic nitrogens is 2. The van der Waals surface area contributed by atoms with Crippen LogP contribution in [0.4, 0.5) is 4.39 Å². The fourth-order valence-corrected chi connectivity index (χ4v) is 2.34. The number of nitrogens with zero attached hydrogens (tertiary/aromatic N) is 2. The molecule has 3 nitrogen and oxygen atoms in total. The summed E-state index contributed by atoms with van der Waals surface area (Å²) >= 11 is 9.38. The Labute approximate surface area is 117 Å². The molecule has 2 rings (SSSR count). The maximum Gasteiger partial charge on any atom is 0.259 e. The lowest BCUT2D eigenvalue weighted by molar-refractivity contribution is 0.420. The molecule has 1 atom stereocenters. The van der Waals surface area contributed by atoms with Crippen molar-refractivity contribution in [2.24, 2.45) is 0 Å². The Kier molecular flexibility index (Phi) is 4.35. The molecule has 0 saturated carbocycles. The summed E-state index contributed by atoms with van der Waals surface area (Å²) in [6.45, 7) is 2.03. The monoisotopic (exact) mass is 332 g/mol. The summed E-state index contributed by atoms with van der Waals surface area (Å²) in [6.07, 6.45) is 1.73. The van der Waals surface area contributed by atoms with Crippen LogP contribution in [0.1, 0.15) is 31.0 Å². The van der Waals surface area contributed by atoms with Gasteiger partial charge in [0, 0.05) is 4.47 Å². The van der Waals surface area contributed by atoms with E-state index in [1.807, 2.05) is 6.92 Å². The van der Waals surface area contributed by atoms with Gasteiger partial charge in [-0.2, -0.15) is 4.98 Å². The van der Waals surface area contributed by atoms with Crippen LogP contribution in [0.3, 0.4) is 0 Å². The van der Waals surface area contributed by atoms with Crippen molar-refractivity contribution >= 4 is 27.5 Å².